The van der Waals surface area contributed by atoms with Crippen molar-refractivity contribution in [2.45, 2.75) is 53.4 Å². The van der Waals surface area contributed by atoms with Gasteiger partial charge in [-0.25, -0.2) is 0 Å². The number of hydrogen-bond acceptors (Lipinski definition) is 2. The molecule has 0 atom stereocenters. The summed E-state index contributed by atoms with van der Waals surface area (Å²) in [7, 11) is 0. The Kier molecular flexibility index (Phi) is 6.77. The maximum absolute atomic E-state index is 12.3. The number of fused-ring (bicyclic) bond motifs is 1. The number of halogens is 1. The molecule has 25 heavy (non-hydrogen) atoms. The number of hydrogen-bond donors (Lipinski definition) is 0. The second-order valence-corrected chi connectivity index (χ2v) is 7.44. The van der Waals surface area contributed by atoms with E-state index in [4.69, 9.17) is 0 Å². The van der Waals surface area contributed by atoms with Crippen LogP contribution in [-0.2, 0) is 0 Å². The molecule has 0 fully saturated rings. The Bertz CT molecular complexity index is 858. The van der Waals surface area contributed by atoms with E-state index in [1.165, 1.54) is 31.3 Å². The van der Waals surface area contributed by atoms with Gasteiger partial charge >= 0.3 is 0 Å². The summed E-state index contributed by atoms with van der Waals surface area (Å²) in [4.78, 5) is 16.5. The molecule has 0 bridgehead atoms. The number of rotatable bonds is 7. The predicted octanol–water partition coefficient (Wildman–Crippen LogP) is 6.10. The lowest BCUT2D eigenvalue weighted by molar-refractivity contribution is 0.504. The number of benzene rings is 1. The molecule has 3 nitrogen and oxygen atoms in total. The summed E-state index contributed by atoms with van der Waals surface area (Å²) < 4.78 is 2.74. The van der Waals surface area contributed by atoms with Crippen LogP contribution < -0.4 is 5.56 Å². The standard InChI is InChI=1S/C21H27BrN2O/c1-6-9-17(10-7-2)14(3)13-15(4)24-16(5)23-21(25)20-18(22)11-8-12-19(20)24/h8,11-13,17H,4,6-7,9-10H2,1-3,5H3/b14-13+. The third kappa shape index (κ3) is 4.30. The zero-order chi connectivity index (χ0) is 18.6. The number of aryl methyl sites for hydroxylation is 1. The minimum atomic E-state index is -0.209. The molecule has 0 aliphatic carbocycles. The zero-order valence-corrected chi connectivity index (χ0v) is 17.2. The lowest BCUT2D eigenvalue weighted by Gasteiger charge is -2.19. The van der Waals surface area contributed by atoms with E-state index < -0.39 is 0 Å². The summed E-state index contributed by atoms with van der Waals surface area (Å²) in [5, 5.41) is 0.596. The smallest absolute Gasteiger partial charge is 0.281 e. The maximum Gasteiger partial charge on any atom is 0.281 e. The first-order chi connectivity index (χ1) is 11.9. The van der Waals surface area contributed by atoms with Crippen molar-refractivity contribution in [1.82, 2.24) is 9.55 Å². The number of allylic oxidation sites excluding steroid dienone is 3. The summed E-state index contributed by atoms with van der Waals surface area (Å²) in [6.07, 6.45) is 6.89. The molecule has 0 N–H and O–H groups in total. The van der Waals surface area contributed by atoms with Crippen molar-refractivity contribution in [1.29, 1.82) is 0 Å². The molecule has 1 aromatic carbocycles. The molecule has 134 valence electrons. The Balaban J connectivity index is 2.54. The third-order valence-electron chi connectivity index (χ3n) is 4.63. The van der Waals surface area contributed by atoms with Crippen molar-refractivity contribution in [3.63, 3.8) is 0 Å². The Hall–Kier alpha value is -1.68. The van der Waals surface area contributed by atoms with Gasteiger partial charge in [0.1, 0.15) is 5.82 Å². The van der Waals surface area contributed by atoms with Gasteiger partial charge in [-0.2, -0.15) is 4.98 Å². The largest absolute Gasteiger partial charge is 0.298 e. The molecule has 0 amide bonds. The molecule has 0 saturated heterocycles. The van der Waals surface area contributed by atoms with Crippen molar-refractivity contribution in [3.05, 3.63) is 57.1 Å². The molecule has 0 radical (unpaired) electrons. The Morgan fingerprint density at radius 3 is 2.56 bits per heavy atom. The lowest BCUT2D eigenvalue weighted by atomic mass is 9.90. The van der Waals surface area contributed by atoms with Crippen LogP contribution in [0.2, 0.25) is 0 Å². The summed E-state index contributed by atoms with van der Waals surface area (Å²) in [6.45, 7) is 12.8. The van der Waals surface area contributed by atoms with Crippen LogP contribution in [0, 0.1) is 12.8 Å². The molecule has 2 aromatic rings. The van der Waals surface area contributed by atoms with E-state index in [2.05, 4.69) is 54.3 Å². The Morgan fingerprint density at radius 1 is 1.32 bits per heavy atom. The summed E-state index contributed by atoms with van der Waals surface area (Å²) in [5.41, 5.74) is 2.82. The molecule has 0 aliphatic rings. The van der Waals surface area contributed by atoms with E-state index in [-0.39, 0.29) is 5.56 Å². The van der Waals surface area contributed by atoms with Gasteiger partial charge in [-0.15, -0.1) is 0 Å². The van der Waals surface area contributed by atoms with Gasteiger partial charge in [0.25, 0.3) is 5.56 Å². The van der Waals surface area contributed by atoms with E-state index in [1.54, 1.807) is 0 Å². The predicted molar refractivity (Wildman–Crippen MR) is 111 cm³/mol. The highest BCUT2D eigenvalue weighted by molar-refractivity contribution is 9.10. The van der Waals surface area contributed by atoms with Crippen LogP contribution in [0.4, 0.5) is 0 Å². The molecule has 2 rings (SSSR count). The SMILES string of the molecule is C=C(/C=C(\C)C(CCC)CCC)n1c(C)nc(=O)c2c(Br)cccc21. The van der Waals surface area contributed by atoms with E-state index in [0.717, 1.165) is 15.7 Å². The normalized spacial score (nSPS) is 12.2. The second kappa shape index (κ2) is 8.61. The average molecular weight is 403 g/mol. The van der Waals surface area contributed by atoms with Crippen molar-refractivity contribution >= 4 is 32.5 Å². The molecular formula is C21H27BrN2O. The molecule has 0 spiro atoms. The lowest BCUT2D eigenvalue weighted by Crippen LogP contribution is -2.16. The quantitative estimate of drug-likeness (QED) is 0.524. The van der Waals surface area contributed by atoms with Crippen molar-refractivity contribution in [3.8, 4) is 0 Å². The summed E-state index contributed by atoms with van der Waals surface area (Å²) in [6, 6.07) is 5.75. The van der Waals surface area contributed by atoms with Crippen molar-refractivity contribution in [2.24, 2.45) is 5.92 Å². The van der Waals surface area contributed by atoms with Crippen LogP contribution in [0.5, 0.6) is 0 Å². The number of nitrogens with zero attached hydrogens (tertiary/aromatic N) is 2. The van der Waals surface area contributed by atoms with Gasteiger partial charge in [0.2, 0.25) is 0 Å². The van der Waals surface area contributed by atoms with Crippen LogP contribution in [-0.4, -0.2) is 9.55 Å². The van der Waals surface area contributed by atoms with Crippen LogP contribution >= 0.6 is 15.9 Å². The van der Waals surface area contributed by atoms with E-state index in [0.29, 0.717) is 17.1 Å². The minimum absolute atomic E-state index is 0.209. The van der Waals surface area contributed by atoms with Gasteiger partial charge in [-0.1, -0.05) is 44.9 Å². The van der Waals surface area contributed by atoms with E-state index in [9.17, 15) is 4.79 Å². The molecule has 1 aromatic heterocycles. The minimum Gasteiger partial charge on any atom is -0.298 e. The average Bonchev–Trinajstić information content (AvgIpc) is 2.54. The van der Waals surface area contributed by atoms with Gasteiger partial charge in [0.15, 0.2) is 0 Å². The first-order valence-electron chi connectivity index (χ1n) is 8.96. The Labute approximate surface area is 158 Å². The third-order valence-corrected chi connectivity index (χ3v) is 5.29. The fourth-order valence-corrected chi connectivity index (χ4v) is 3.97. The van der Waals surface area contributed by atoms with Gasteiger partial charge in [-0.05, 0) is 66.7 Å². The monoisotopic (exact) mass is 402 g/mol. The van der Waals surface area contributed by atoms with Gasteiger partial charge in [0, 0.05) is 10.2 Å². The summed E-state index contributed by atoms with van der Waals surface area (Å²) in [5.74, 6) is 1.24. The van der Waals surface area contributed by atoms with Crippen molar-refractivity contribution in [2.75, 3.05) is 0 Å². The summed E-state index contributed by atoms with van der Waals surface area (Å²) >= 11 is 3.47. The highest BCUT2D eigenvalue weighted by Crippen LogP contribution is 2.27. The Morgan fingerprint density at radius 2 is 1.96 bits per heavy atom. The van der Waals surface area contributed by atoms with Gasteiger partial charge in [0.05, 0.1) is 10.9 Å². The molecule has 0 unspecified atom stereocenters. The number of aromatic nitrogens is 2. The van der Waals surface area contributed by atoms with Crippen LogP contribution in [0.1, 0.15) is 52.3 Å². The second-order valence-electron chi connectivity index (χ2n) is 6.59. The molecular weight excluding hydrogens is 376 g/mol. The van der Waals surface area contributed by atoms with Gasteiger partial charge < -0.3 is 0 Å². The van der Waals surface area contributed by atoms with Crippen LogP contribution in [0.25, 0.3) is 16.6 Å². The van der Waals surface area contributed by atoms with Crippen molar-refractivity contribution < 1.29 is 0 Å². The highest BCUT2D eigenvalue weighted by Gasteiger charge is 2.13. The van der Waals surface area contributed by atoms with E-state index in [1.807, 2.05) is 29.7 Å². The maximum atomic E-state index is 12.3. The topological polar surface area (TPSA) is 34.9 Å². The highest BCUT2D eigenvalue weighted by atomic mass is 79.9. The molecule has 0 saturated carbocycles. The molecule has 1 heterocycles. The van der Waals surface area contributed by atoms with Crippen LogP contribution in [0.15, 0.2) is 45.7 Å². The van der Waals surface area contributed by atoms with Crippen LogP contribution in [0.3, 0.4) is 0 Å². The zero-order valence-electron chi connectivity index (χ0n) is 15.6. The fourth-order valence-electron chi connectivity index (χ4n) is 3.44. The first kappa shape index (κ1) is 19.6. The van der Waals surface area contributed by atoms with Gasteiger partial charge in [-0.3, -0.25) is 9.36 Å². The van der Waals surface area contributed by atoms with E-state index >= 15 is 0 Å². The fraction of sp³-hybridized carbons (Fsp3) is 0.429. The first-order valence-corrected chi connectivity index (χ1v) is 9.75. The molecule has 0 aliphatic heterocycles. The molecule has 4 heteroatoms.